The predicted molar refractivity (Wildman–Crippen MR) is 124 cm³/mol. The molecule has 1 unspecified atom stereocenters. The normalized spacial score (nSPS) is 13.5. The number of guanidine groups is 1. The fourth-order valence-corrected chi connectivity index (χ4v) is 2.92. The highest BCUT2D eigenvalue weighted by molar-refractivity contribution is 14.0. The van der Waals surface area contributed by atoms with Crippen LogP contribution in [0.1, 0.15) is 24.2 Å². The third kappa shape index (κ3) is 7.25. The lowest BCUT2D eigenvalue weighted by Crippen LogP contribution is -2.39. The maximum atomic E-state index is 12.8. The molecule has 0 bridgehead atoms. The Kier molecular flexibility index (Phi) is 9.85. The topological polar surface area (TPSA) is 84.3 Å². The quantitative estimate of drug-likeness (QED) is 0.253. The van der Waals surface area contributed by atoms with Gasteiger partial charge >= 0.3 is 6.61 Å². The van der Waals surface area contributed by atoms with Crippen LogP contribution in [0.3, 0.4) is 0 Å². The number of hydrogen-bond acceptors (Lipinski definition) is 5. The number of halogens is 4. The van der Waals surface area contributed by atoms with Crippen molar-refractivity contribution in [2.45, 2.75) is 26.2 Å². The molecule has 3 N–H and O–H groups in total. The van der Waals surface area contributed by atoms with E-state index in [4.69, 9.17) is 21.1 Å². The molecule has 7 nitrogen and oxygen atoms in total. The van der Waals surface area contributed by atoms with Gasteiger partial charge in [0.1, 0.15) is 5.75 Å². The van der Waals surface area contributed by atoms with Gasteiger partial charge in [0.15, 0.2) is 17.5 Å². The summed E-state index contributed by atoms with van der Waals surface area (Å²) in [6.45, 7) is -0.263. The van der Waals surface area contributed by atoms with E-state index in [0.29, 0.717) is 40.2 Å². The van der Waals surface area contributed by atoms with Crippen LogP contribution in [-0.2, 0) is 6.54 Å². The molecule has 2 aromatic rings. The minimum atomic E-state index is -2.98. The van der Waals surface area contributed by atoms with E-state index in [2.05, 4.69) is 20.4 Å². The number of nitrogens with zero attached hydrogens (tertiary/aromatic N) is 1. The Balaban J connectivity index is 0.00000341. The lowest BCUT2D eigenvalue weighted by Gasteiger charge is -2.16. The molecule has 0 aromatic heterocycles. The summed E-state index contributed by atoms with van der Waals surface area (Å²) in [4.78, 5) is 4.40. The molecule has 0 radical (unpaired) electrons. The molecule has 31 heavy (non-hydrogen) atoms. The van der Waals surface area contributed by atoms with Crippen LogP contribution in [-0.4, -0.2) is 37.6 Å². The van der Waals surface area contributed by atoms with E-state index in [-0.39, 0.29) is 49.6 Å². The predicted octanol–water partition coefficient (Wildman–Crippen LogP) is 4.08. The first-order chi connectivity index (χ1) is 14.5. The zero-order valence-electron chi connectivity index (χ0n) is 16.6. The second-order valence-corrected chi connectivity index (χ2v) is 6.77. The molecule has 0 aliphatic carbocycles. The van der Waals surface area contributed by atoms with E-state index in [1.807, 2.05) is 6.92 Å². The van der Waals surface area contributed by atoms with Gasteiger partial charge in [-0.2, -0.15) is 8.78 Å². The van der Waals surface area contributed by atoms with Crippen molar-refractivity contribution in [3.63, 3.8) is 0 Å². The fraction of sp³-hybridized carbons (Fsp3) is 0.350. The molecular weight excluding hydrogens is 547 g/mol. The number of aliphatic hydroxyl groups excluding tert-OH is 1. The van der Waals surface area contributed by atoms with E-state index in [9.17, 15) is 13.9 Å². The molecule has 0 saturated carbocycles. The minimum absolute atomic E-state index is 0. The van der Waals surface area contributed by atoms with Gasteiger partial charge in [0.05, 0.1) is 12.6 Å². The van der Waals surface area contributed by atoms with E-state index in [1.165, 1.54) is 6.07 Å². The second-order valence-electron chi connectivity index (χ2n) is 6.34. The molecular formula is C20H23ClF2IN3O4. The van der Waals surface area contributed by atoms with E-state index < -0.39 is 12.7 Å². The summed E-state index contributed by atoms with van der Waals surface area (Å²) >= 11 is 5.86. The summed E-state index contributed by atoms with van der Waals surface area (Å²) in [5.41, 5.74) is 1.11. The summed E-state index contributed by atoms with van der Waals surface area (Å²) in [5.74, 6) is 1.16. The number of aliphatic imine (C=N–C) groups is 1. The van der Waals surface area contributed by atoms with Crippen LogP contribution >= 0.6 is 35.6 Å². The molecule has 0 spiro atoms. The lowest BCUT2D eigenvalue weighted by molar-refractivity contribution is -0.0505. The largest absolute Gasteiger partial charge is 0.454 e. The zero-order chi connectivity index (χ0) is 21.5. The Labute approximate surface area is 200 Å². The first-order valence-electron chi connectivity index (χ1n) is 9.29. The highest BCUT2D eigenvalue weighted by Crippen LogP contribution is 2.39. The van der Waals surface area contributed by atoms with E-state index in [1.54, 1.807) is 30.3 Å². The standard InChI is InChI=1S/C20H22ClF2N3O4.HI/c1-2-24-20(26-10-15(27)12-3-5-14(21)6-4-12)25-9-13-7-17-18(29-11-28-17)8-16(13)30-19(22)23;/h3-8,15,19,27H,2,9-11H2,1H3,(H2,24,25,26);1H. The molecule has 11 heteroatoms. The molecule has 1 aliphatic rings. The third-order valence-electron chi connectivity index (χ3n) is 4.24. The first kappa shape index (κ1) is 25.2. The van der Waals surface area contributed by atoms with Crippen molar-refractivity contribution in [2.75, 3.05) is 19.9 Å². The maximum Gasteiger partial charge on any atom is 0.387 e. The molecule has 0 amide bonds. The summed E-state index contributed by atoms with van der Waals surface area (Å²) in [7, 11) is 0. The van der Waals surface area contributed by atoms with Gasteiger partial charge in [-0.1, -0.05) is 23.7 Å². The number of ether oxygens (including phenoxy) is 3. The minimum Gasteiger partial charge on any atom is -0.454 e. The molecule has 0 fully saturated rings. The van der Waals surface area contributed by atoms with E-state index >= 15 is 0 Å². The summed E-state index contributed by atoms with van der Waals surface area (Å²) in [5, 5.41) is 17.0. The first-order valence-corrected chi connectivity index (χ1v) is 9.67. The number of rotatable bonds is 8. The molecule has 2 aromatic carbocycles. The molecule has 0 saturated heterocycles. The average Bonchev–Trinajstić information content (AvgIpc) is 3.17. The van der Waals surface area contributed by atoms with Crippen LogP contribution in [0.15, 0.2) is 41.4 Å². The number of hydrogen-bond donors (Lipinski definition) is 3. The second kappa shape index (κ2) is 12.1. The number of nitrogens with one attached hydrogen (secondary N) is 2. The molecule has 1 heterocycles. The van der Waals surface area contributed by atoms with Gasteiger partial charge in [-0.25, -0.2) is 4.99 Å². The smallest absolute Gasteiger partial charge is 0.387 e. The Morgan fingerprint density at radius 3 is 2.52 bits per heavy atom. The monoisotopic (exact) mass is 569 g/mol. The van der Waals surface area contributed by atoms with Gasteiger partial charge in [-0.05, 0) is 30.7 Å². The molecule has 170 valence electrons. The Hall–Kier alpha value is -2.05. The van der Waals surface area contributed by atoms with Crippen LogP contribution in [0.5, 0.6) is 17.2 Å². The zero-order valence-corrected chi connectivity index (χ0v) is 19.7. The number of alkyl halides is 2. The van der Waals surface area contributed by atoms with Gasteiger partial charge in [-0.15, -0.1) is 24.0 Å². The fourth-order valence-electron chi connectivity index (χ4n) is 2.80. The van der Waals surface area contributed by atoms with Crippen molar-refractivity contribution in [3.8, 4) is 17.2 Å². The van der Waals surface area contributed by atoms with Gasteiger partial charge < -0.3 is 30.0 Å². The Morgan fingerprint density at radius 1 is 1.19 bits per heavy atom. The van der Waals surface area contributed by atoms with Crippen LogP contribution in [0.2, 0.25) is 5.02 Å². The van der Waals surface area contributed by atoms with E-state index in [0.717, 1.165) is 0 Å². The highest BCUT2D eigenvalue weighted by atomic mass is 127. The Morgan fingerprint density at radius 2 is 1.87 bits per heavy atom. The van der Waals surface area contributed by atoms with Gasteiger partial charge in [0.2, 0.25) is 6.79 Å². The number of aliphatic hydroxyl groups is 1. The summed E-state index contributed by atoms with van der Waals surface area (Å²) < 4.78 is 40.7. The number of fused-ring (bicyclic) bond motifs is 1. The third-order valence-corrected chi connectivity index (χ3v) is 4.49. The van der Waals surface area contributed by atoms with Gasteiger partial charge in [0.25, 0.3) is 0 Å². The van der Waals surface area contributed by atoms with Crippen LogP contribution < -0.4 is 24.8 Å². The van der Waals surface area contributed by atoms with Crippen molar-refractivity contribution < 1.29 is 28.1 Å². The van der Waals surface area contributed by atoms with Gasteiger partial charge in [-0.3, -0.25) is 0 Å². The van der Waals surface area contributed by atoms with Gasteiger partial charge in [0, 0.05) is 29.7 Å². The highest BCUT2D eigenvalue weighted by Gasteiger charge is 2.20. The van der Waals surface area contributed by atoms with Crippen molar-refractivity contribution in [2.24, 2.45) is 4.99 Å². The number of benzene rings is 2. The Bertz CT molecular complexity index is 887. The SMILES string of the molecule is CCNC(=NCc1cc2c(cc1OC(F)F)OCO2)NCC(O)c1ccc(Cl)cc1.I. The maximum absolute atomic E-state index is 12.8. The molecule has 1 aliphatic heterocycles. The lowest BCUT2D eigenvalue weighted by atomic mass is 10.1. The van der Waals surface area contributed by atoms with Crippen LogP contribution in [0.4, 0.5) is 8.78 Å². The average molecular weight is 570 g/mol. The van der Waals surface area contributed by atoms with Crippen molar-refractivity contribution >= 4 is 41.5 Å². The summed E-state index contributed by atoms with van der Waals surface area (Å²) in [6, 6.07) is 9.80. The molecule has 1 atom stereocenters. The van der Waals surface area contributed by atoms with Crippen molar-refractivity contribution in [3.05, 3.63) is 52.5 Å². The molecule has 3 rings (SSSR count). The van der Waals surface area contributed by atoms with Crippen molar-refractivity contribution in [1.82, 2.24) is 10.6 Å². The van der Waals surface area contributed by atoms with Crippen LogP contribution in [0, 0.1) is 0 Å². The van der Waals surface area contributed by atoms with Crippen LogP contribution in [0.25, 0.3) is 0 Å². The summed E-state index contributed by atoms with van der Waals surface area (Å²) in [6.07, 6.45) is -0.783. The van der Waals surface area contributed by atoms with Crippen molar-refractivity contribution in [1.29, 1.82) is 0 Å².